The van der Waals surface area contributed by atoms with E-state index < -0.39 is 0 Å². The second kappa shape index (κ2) is 10.3. The van der Waals surface area contributed by atoms with E-state index in [1.807, 2.05) is 0 Å². The van der Waals surface area contributed by atoms with E-state index in [1.165, 1.54) is 75.7 Å². The zero-order chi connectivity index (χ0) is 12.3. The Kier molecular flexibility index (Phi) is 9.27. The summed E-state index contributed by atoms with van der Waals surface area (Å²) in [6.07, 6.45) is 13.7. The van der Waals surface area contributed by atoms with Crippen molar-refractivity contribution in [2.45, 2.75) is 77.2 Å². The van der Waals surface area contributed by atoms with Gasteiger partial charge in [0.15, 0.2) is 0 Å². The third kappa shape index (κ3) is 8.10. The quantitative estimate of drug-likeness (QED) is 0.611. The lowest BCUT2D eigenvalue weighted by Crippen LogP contribution is -2.25. The van der Waals surface area contributed by atoms with Gasteiger partial charge in [-0.2, -0.15) is 11.8 Å². The normalized spacial score (nSPS) is 19.4. The van der Waals surface area contributed by atoms with E-state index in [1.54, 1.807) is 0 Å². The number of unbranched alkanes of at least 4 members (excludes halogenated alkanes) is 5. The van der Waals surface area contributed by atoms with Crippen LogP contribution < -0.4 is 5.73 Å². The van der Waals surface area contributed by atoms with Crippen LogP contribution in [0.25, 0.3) is 0 Å². The summed E-state index contributed by atoms with van der Waals surface area (Å²) < 4.78 is 0. The standard InChI is InChI=1S/C15H31NS/c1-2-3-4-5-6-7-8-15(16)13-14-9-11-17-12-10-14/h14-15H,2-13,16H2,1H3. The molecule has 1 saturated heterocycles. The van der Waals surface area contributed by atoms with Gasteiger partial charge in [0.2, 0.25) is 0 Å². The monoisotopic (exact) mass is 257 g/mol. The molecule has 17 heavy (non-hydrogen) atoms. The molecule has 0 amide bonds. The van der Waals surface area contributed by atoms with Crippen molar-refractivity contribution >= 4 is 11.8 Å². The van der Waals surface area contributed by atoms with Crippen molar-refractivity contribution in [2.24, 2.45) is 11.7 Å². The average Bonchev–Trinajstić information content (AvgIpc) is 2.35. The molecular weight excluding hydrogens is 226 g/mol. The molecule has 0 aliphatic carbocycles. The van der Waals surface area contributed by atoms with Crippen LogP contribution in [0, 0.1) is 5.92 Å². The fourth-order valence-electron chi connectivity index (χ4n) is 2.71. The molecule has 0 spiro atoms. The maximum atomic E-state index is 6.24. The molecular formula is C15H31NS. The Morgan fingerprint density at radius 1 is 1.06 bits per heavy atom. The predicted octanol–water partition coefficient (Wildman–Crippen LogP) is 4.60. The first-order valence-electron chi connectivity index (χ1n) is 7.66. The van der Waals surface area contributed by atoms with Gasteiger partial charge in [0.05, 0.1) is 0 Å². The minimum atomic E-state index is 0.481. The van der Waals surface area contributed by atoms with Gasteiger partial charge < -0.3 is 5.73 Å². The van der Waals surface area contributed by atoms with Gasteiger partial charge >= 0.3 is 0 Å². The summed E-state index contributed by atoms with van der Waals surface area (Å²) >= 11 is 2.11. The highest BCUT2D eigenvalue weighted by molar-refractivity contribution is 7.99. The third-order valence-corrected chi connectivity index (χ3v) is 4.95. The van der Waals surface area contributed by atoms with Crippen LogP contribution in [0.1, 0.15) is 71.1 Å². The van der Waals surface area contributed by atoms with Gasteiger partial charge in [-0.1, -0.05) is 45.4 Å². The van der Waals surface area contributed by atoms with Crippen molar-refractivity contribution in [1.29, 1.82) is 0 Å². The lowest BCUT2D eigenvalue weighted by atomic mass is 9.92. The summed E-state index contributed by atoms with van der Waals surface area (Å²) in [6, 6.07) is 0.481. The van der Waals surface area contributed by atoms with E-state index in [0.717, 1.165) is 5.92 Å². The molecule has 0 bridgehead atoms. The van der Waals surface area contributed by atoms with Crippen LogP contribution >= 0.6 is 11.8 Å². The van der Waals surface area contributed by atoms with Gasteiger partial charge in [0.1, 0.15) is 0 Å². The summed E-state index contributed by atoms with van der Waals surface area (Å²) in [5.74, 6) is 3.68. The molecule has 0 aromatic carbocycles. The summed E-state index contributed by atoms with van der Waals surface area (Å²) in [6.45, 7) is 2.28. The maximum Gasteiger partial charge on any atom is 0.00414 e. The van der Waals surface area contributed by atoms with Crippen LogP contribution in [-0.2, 0) is 0 Å². The van der Waals surface area contributed by atoms with Gasteiger partial charge in [-0.25, -0.2) is 0 Å². The minimum absolute atomic E-state index is 0.481. The number of nitrogens with two attached hydrogens (primary N) is 1. The summed E-state index contributed by atoms with van der Waals surface area (Å²) in [7, 11) is 0. The summed E-state index contributed by atoms with van der Waals surface area (Å²) in [4.78, 5) is 0. The largest absolute Gasteiger partial charge is 0.328 e. The predicted molar refractivity (Wildman–Crippen MR) is 80.6 cm³/mol. The van der Waals surface area contributed by atoms with Crippen molar-refractivity contribution < 1.29 is 0 Å². The SMILES string of the molecule is CCCCCCCCC(N)CC1CCSCC1. The van der Waals surface area contributed by atoms with Crippen molar-refractivity contribution in [3.05, 3.63) is 0 Å². The molecule has 0 saturated carbocycles. The Morgan fingerprint density at radius 3 is 2.41 bits per heavy atom. The van der Waals surface area contributed by atoms with E-state index in [0.29, 0.717) is 6.04 Å². The van der Waals surface area contributed by atoms with E-state index in [4.69, 9.17) is 5.73 Å². The van der Waals surface area contributed by atoms with Crippen LogP contribution in [0.5, 0.6) is 0 Å². The first-order valence-corrected chi connectivity index (χ1v) is 8.81. The highest BCUT2D eigenvalue weighted by atomic mass is 32.2. The number of hydrogen-bond donors (Lipinski definition) is 1. The van der Waals surface area contributed by atoms with E-state index in [9.17, 15) is 0 Å². The fourth-order valence-corrected chi connectivity index (χ4v) is 3.92. The van der Waals surface area contributed by atoms with Gasteiger partial charge in [-0.15, -0.1) is 0 Å². The van der Waals surface area contributed by atoms with Crippen molar-refractivity contribution in [2.75, 3.05) is 11.5 Å². The van der Waals surface area contributed by atoms with Crippen LogP contribution in [0.3, 0.4) is 0 Å². The van der Waals surface area contributed by atoms with Gasteiger partial charge in [0, 0.05) is 6.04 Å². The van der Waals surface area contributed by atoms with Crippen LogP contribution in [0.15, 0.2) is 0 Å². The molecule has 1 unspecified atom stereocenters. The molecule has 102 valence electrons. The van der Waals surface area contributed by atoms with Gasteiger partial charge in [-0.05, 0) is 43.1 Å². The van der Waals surface area contributed by atoms with E-state index in [-0.39, 0.29) is 0 Å². The number of thioether (sulfide) groups is 1. The lowest BCUT2D eigenvalue weighted by molar-refractivity contribution is 0.387. The molecule has 1 fully saturated rings. The highest BCUT2D eigenvalue weighted by Gasteiger charge is 2.16. The van der Waals surface area contributed by atoms with Crippen LogP contribution in [0.2, 0.25) is 0 Å². The Morgan fingerprint density at radius 2 is 1.71 bits per heavy atom. The highest BCUT2D eigenvalue weighted by Crippen LogP contribution is 2.26. The van der Waals surface area contributed by atoms with Crippen molar-refractivity contribution in [3.63, 3.8) is 0 Å². The van der Waals surface area contributed by atoms with Gasteiger partial charge in [-0.3, -0.25) is 0 Å². The molecule has 1 heterocycles. The molecule has 0 aromatic rings. The Bertz CT molecular complexity index is 166. The lowest BCUT2D eigenvalue weighted by Gasteiger charge is -2.24. The zero-order valence-electron chi connectivity index (χ0n) is 11.6. The molecule has 0 radical (unpaired) electrons. The van der Waals surface area contributed by atoms with Crippen LogP contribution in [-0.4, -0.2) is 17.5 Å². The molecule has 1 atom stereocenters. The molecule has 1 nitrogen and oxygen atoms in total. The Balaban J connectivity index is 1.91. The first-order chi connectivity index (χ1) is 8.33. The second-order valence-corrected chi connectivity index (χ2v) is 6.83. The topological polar surface area (TPSA) is 26.0 Å². The van der Waals surface area contributed by atoms with Crippen molar-refractivity contribution in [3.8, 4) is 0 Å². The molecule has 0 aromatic heterocycles. The van der Waals surface area contributed by atoms with Gasteiger partial charge in [0.25, 0.3) is 0 Å². The second-order valence-electron chi connectivity index (χ2n) is 5.61. The number of rotatable bonds is 9. The molecule has 2 N–H and O–H groups in total. The first kappa shape index (κ1) is 15.4. The number of hydrogen-bond acceptors (Lipinski definition) is 2. The Hall–Kier alpha value is 0.310. The van der Waals surface area contributed by atoms with Crippen molar-refractivity contribution in [1.82, 2.24) is 0 Å². The smallest absolute Gasteiger partial charge is 0.00414 e. The van der Waals surface area contributed by atoms with E-state index in [2.05, 4.69) is 18.7 Å². The summed E-state index contributed by atoms with van der Waals surface area (Å²) in [5, 5.41) is 0. The van der Waals surface area contributed by atoms with Crippen LogP contribution in [0.4, 0.5) is 0 Å². The molecule has 1 aliphatic rings. The molecule has 1 rings (SSSR count). The zero-order valence-corrected chi connectivity index (χ0v) is 12.4. The van der Waals surface area contributed by atoms with E-state index >= 15 is 0 Å². The molecule has 1 aliphatic heterocycles. The minimum Gasteiger partial charge on any atom is -0.328 e. The maximum absolute atomic E-state index is 6.24. The fraction of sp³-hybridized carbons (Fsp3) is 1.00. The third-order valence-electron chi connectivity index (χ3n) is 3.91. The summed E-state index contributed by atoms with van der Waals surface area (Å²) in [5.41, 5.74) is 6.24. The average molecular weight is 257 g/mol. The molecule has 2 heteroatoms. The Labute approximate surface area is 112 Å².